The normalized spacial score (nSPS) is 10.8. The lowest BCUT2D eigenvalue weighted by Gasteiger charge is -2.10. The van der Waals surface area contributed by atoms with E-state index in [1.54, 1.807) is 18.2 Å². The summed E-state index contributed by atoms with van der Waals surface area (Å²) in [5.74, 6) is 1.13. The van der Waals surface area contributed by atoms with Gasteiger partial charge in [-0.25, -0.2) is 4.98 Å². The van der Waals surface area contributed by atoms with Crippen molar-refractivity contribution in [1.29, 1.82) is 0 Å². The number of pyridine rings is 1. The van der Waals surface area contributed by atoms with Gasteiger partial charge in [0.1, 0.15) is 5.75 Å². The lowest BCUT2D eigenvalue weighted by molar-refractivity contribution is 0.282. The quantitative estimate of drug-likeness (QED) is 0.775. The fraction of sp³-hybridized carbons (Fsp3) is 0.118. The lowest BCUT2D eigenvalue weighted by atomic mass is 10.1. The van der Waals surface area contributed by atoms with Crippen LogP contribution < -0.4 is 4.74 Å². The third-order valence-corrected chi connectivity index (χ3v) is 3.72. The van der Waals surface area contributed by atoms with Gasteiger partial charge in [-0.15, -0.1) is 0 Å². The molecule has 1 aromatic heterocycles. The van der Waals surface area contributed by atoms with E-state index in [1.807, 2.05) is 37.3 Å². The van der Waals surface area contributed by atoms with Crippen molar-refractivity contribution in [3.63, 3.8) is 0 Å². The van der Waals surface area contributed by atoms with Gasteiger partial charge in [0.25, 0.3) is 0 Å². The van der Waals surface area contributed by atoms with Gasteiger partial charge in [-0.1, -0.05) is 29.8 Å². The first-order valence-corrected chi connectivity index (χ1v) is 6.98. The molecule has 0 aliphatic heterocycles. The number of aryl methyl sites for hydroxylation is 1. The van der Waals surface area contributed by atoms with E-state index in [4.69, 9.17) is 16.3 Å². The third-order valence-electron chi connectivity index (χ3n) is 3.30. The molecular weight excluding hydrogens is 286 g/mol. The van der Waals surface area contributed by atoms with Crippen molar-refractivity contribution in [2.45, 2.75) is 13.5 Å². The van der Waals surface area contributed by atoms with Crippen molar-refractivity contribution in [3.05, 3.63) is 64.7 Å². The number of hydrogen-bond acceptors (Lipinski definition) is 3. The average Bonchev–Trinajstić information content (AvgIpc) is 2.50. The fourth-order valence-corrected chi connectivity index (χ4v) is 2.32. The van der Waals surface area contributed by atoms with Gasteiger partial charge in [-0.3, -0.25) is 0 Å². The van der Waals surface area contributed by atoms with Gasteiger partial charge in [0, 0.05) is 16.5 Å². The summed E-state index contributed by atoms with van der Waals surface area (Å²) in [6, 6.07) is 14.9. The highest BCUT2D eigenvalue weighted by molar-refractivity contribution is 6.31. The number of benzene rings is 2. The Hall–Kier alpha value is -2.10. The number of rotatable bonds is 3. The number of ether oxygens (including phenoxy) is 1. The Bertz CT molecular complexity index is 802. The highest BCUT2D eigenvalue weighted by atomic mass is 35.5. The molecule has 106 valence electrons. The van der Waals surface area contributed by atoms with Crippen LogP contribution in [-0.4, -0.2) is 10.1 Å². The van der Waals surface area contributed by atoms with Crippen LogP contribution in [0.5, 0.6) is 11.6 Å². The molecule has 2 aromatic carbocycles. The summed E-state index contributed by atoms with van der Waals surface area (Å²) in [7, 11) is 0. The highest BCUT2D eigenvalue weighted by Crippen LogP contribution is 2.28. The molecule has 0 bridgehead atoms. The summed E-state index contributed by atoms with van der Waals surface area (Å²) in [6.07, 6.45) is 0. The van der Waals surface area contributed by atoms with Crippen molar-refractivity contribution in [2.24, 2.45) is 0 Å². The van der Waals surface area contributed by atoms with E-state index in [9.17, 15) is 5.11 Å². The first-order chi connectivity index (χ1) is 10.2. The molecule has 0 saturated carbocycles. The Morgan fingerprint density at radius 2 is 1.95 bits per heavy atom. The fourth-order valence-electron chi connectivity index (χ4n) is 2.20. The number of para-hydroxylation sites is 1. The Morgan fingerprint density at radius 3 is 2.71 bits per heavy atom. The first kappa shape index (κ1) is 13.9. The van der Waals surface area contributed by atoms with Crippen LogP contribution in [0.3, 0.4) is 0 Å². The maximum atomic E-state index is 9.51. The minimum absolute atomic E-state index is 0.0565. The van der Waals surface area contributed by atoms with Crippen LogP contribution >= 0.6 is 11.6 Å². The molecule has 3 aromatic rings. The van der Waals surface area contributed by atoms with Gasteiger partial charge in [0.05, 0.1) is 12.1 Å². The van der Waals surface area contributed by atoms with Crippen LogP contribution in [0.4, 0.5) is 0 Å². The van der Waals surface area contributed by atoms with Crippen molar-refractivity contribution < 1.29 is 9.84 Å². The van der Waals surface area contributed by atoms with Gasteiger partial charge in [-0.2, -0.15) is 0 Å². The monoisotopic (exact) mass is 299 g/mol. The molecule has 1 heterocycles. The zero-order valence-corrected chi connectivity index (χ0v) is 12.3. The summed E-state index contributed by atoms with van der Waals surface area (Å²) < 4.78 is 5.78. The minimum Gasteiger partial charge on any atom is -0.439 e. The van der Waals surface area contributed by atoms with Gasteiger partial charge in [-0.05, 0) is 42.3 Å². The van der Waals surface area contributed by atoms with E-state index in [1.165, 1.54) is 0 Å². The number of nitrogens with zero attached hydrogens (tertiary/aromatic N) is 1. The van der Waals surface area contributed by atoms with Crippen LogP contribution in [0, 0.1) is 6.92 Å². The molecule has 0 fully saturated rings. The molecule has 0 amide bonds. The SMILES string of the molecule is Cc1cc(Oc2cc(CO)c3ccccc3n2)ccc1Cl. The smallest absolute Gasteiger partial charge is 0.220 e. The molecule has 0 radical (unpaired) electrons. The molecular formula is C17H14ClNO2. The predicted molar refractivity (Wildman–Crippen MR) is 83.9 cm³/mol. The maximum Gasteiger partial charge on any atom is 0.220 e. The average molecular weight is 300 g/mol. The largest absolute Gasteiger partial charge is 0.439 e. The standard InChI is InChI=1S/C17H14ClNO2/c1-11-8-13(6-7-15(11)18)21-17-9-12(10-20)14-4-2-3-5-16(14)19-17/h2-9,20H,10H2,1H3. The molecule has 0 unspecified atom stereocenters. The second kappa shape index (κ2) is 5.72. The van der Waals surface area contributed by atoms with Gasteiger partial charge < -0.3 is 9.84 Å². The van der Waals surface area contributed by atoms with Gasteiger partial charge in [0.15, 0.2) is 0 Å². The predicted octanol–water partition coefficient (Wildman–Crippen LogP) is 4.48. The van der Waals surface area contributed by atoms with E-state index in [0.29, 0.717) is 16.7 Å². The summed E-state index contributed by atoms with van der Waals surface area (Å²) in [5, 5.41) is 11.1. The van der Waals surface area contributed by atoms with Crippen molar-refractivity contribution in [3.8, 4) is 11.6 Å². The second-order valence-corrected chi connectivity index (χ2v) is 5.22. The highest BCUT2D eigenvalue weighted by Gasteiger charge is 2.07. The zero-order valence-electron chi connectivity index (χ0n) is 11.5. The molecule has 21 heavy (non-hydrogen) atoms. The number of aliphatic hydroxyl groups excluding tert-OH is 1. The number of hydrogen-bond donors (Lipinski definition) is 1. The van der Waals surface area contributed by atoms with E-state index in [0.717, 1.165) is 22.0 Å². The molecule has 4 heteroatoms. The Labute approximate surface area is 127 Å². The minimum atomic E-state index is -0.0565. The Morgan fingerprint density at radius 1 is 1.14 bits per heavy atom. The summed E-state index contributed by atoms with van der Waals surface area (Å²) in [5.41, 5.74) is 2.53. The van der Waals surface area contributed by atoms with Crippen LogP contribution in [0.25, 0.3) is 10.9 Å². The van der Waals surface area contributed by atoms with Crippen molar-refractivity contribution >= 4 is 22.5 Å². The molecule has 0 aliphatic carbocycles. The molecule has 0 spiro atoms. The molecule has 0 saturated heterocycles. The van der Waals surface area contributed by atoms with Crippen LogP contribution in [0.1, 0.15) is 11.1 Å². The van der Waals surface area contributed by atoms with Crippen molar-refractivity contribution in [2.75, 3.05) is 0 Å². The molecule has 3 rings (SSSR count). The number of halogens is 1. The molecule has 0 atom stereocenters. The zero-order chi connectivity index (χ0) is 14.8. The number of aliphatic hydroxyl groups is 1. The second-order valence-electron chi connectivity index (χ2n) is 4.81. The van der Waals surface area contributed by atoms with E-state index in [-0.39, 0.29) is 6.61 Å². The summed E-state index contributed by atoms with van der Waals surface area (Å²) in [6.45, 7) is 1.86. The van der Waals surface area contributed by atoms with Crippen LogP contribution in [0.2, 0.25) is 5.02 Å². The van der Waals surface area contributed by atoms with E-state index >= 15 is 0 Å². The van der Waals surface area contributed by atoms with E-state index in [2.05, 4.69) is 4.98 Å². The molecule has 1 N–H and O–H groups in total. The molecule has 3 nitrogen and oxygen atoms in total. The summed E-state index contributed by atoms with van der Waals surface area (Å²) >= 11 is 6.01. The number of fused-ring (bicyclic) bond motifs is 1. The lowest BCUT2D eigenvalue weighted by Crippen LogP contribution is -1.94. The maximum absolute atomic E-state index is 9.51. The Balaban J connectivity index is 2.02. The van der Waals surface area contributed by atoms with Crippen LogP contribution in [-0.2, 0) is 6.61 Å². The van der Waals surface area contributed by atoms with Crippen LogP contribution in [0.15, 0.2) is 48.5 Å². The van der Waals surface area contributed by atoms with Gasteiger partial charge in [0.2, 0.25) is 5.88 Å². The third kappa shape index (κ3) is 2.84. The van der Waals surface area contributed by atoms with E-state index < -0.39 is 0 Å². The number of aromatic nitrogens is 1. The summed E-state index contributed by atoms with van der Waals surface area (Å²) in [4.78, 5) is 4.46. The van der Waals surface area contributed by atoms with Crippen molar-refractivity contribution in [1.82, 2.24) is 4.98 Å². The topological polar surface area (TPSA) is 42.4 Å². The molecule has 0 aliphatic rings. The Kier molecular flexibility index (Phi) is 3.78. The van der Waals surface area contributed by atoms with Gasteiger partial charge >= 0.3 is 0 Å². The first-order valence-electron chi connectivity index (χ1n) is 6.61.